The standard InChI is InChI=1S/C42H46O5SeSi/c1-42(2,3)49(36-21-13-7-14-22-36,37-23-15-8-16-24-37)46-31-38-39(44-29-32-17-9-5-10-18-32)40(41(47-38)48-35-19-11-6-12-20-35)45-30-33-25-27-34(43-4)28-26-33/h5-28,38-41H,29-31H2,1-4H3/t38-,39-,40+,41-/m1/s1. The van der Waals surface area contributed by atoms with Crippen LogP contribution in [0.25, 0.3) is 0 Å². The molecular formula is C42H46O5SeSi. The summed E-state index contributed by atoms with van der Waals surface area (Å²) in [4.78, 5) is 0. The molecule has 7 heteroatoms. The molecule has 0 bridgehead atoms. The number of benzene rings is 5. The van der Waals surface area contributed by atoms with Gasteiger partial charge in [-0.1, -0.05) is 0 Å². The van der Waals surface area contributed by atoms with Gasteiger partial charge < -0.3 is 0 Å². The molecule has 1 saturated heterocycles. The van der Waals surface area contributed by atoms with E-state index in [1.54, 1.807) is 7.11 Å². The summed E-state index contributed by atoms with van der Waals surface area (Å²) >= 11 is -0.0215. The summed E-state index contributed by atoms with van der Waals surface area (Å²) in [7, 11) is -1.13. The van der Waals surface area contributed by atoms with Gasteiger partial charge in [-0.05, 0) is 0 Å². The zero-order valence-electron chi connectivity index (χ0n) is 28.7. The Morgan fingerprint density at radius 2 is 1.10 bits per heavy atom. The van der Waals surface area contributed by atoms with Gasteiger partial charge in [0.1, 0.15) is 0 Å². The van der Waals surface area contributed by atoms with Gasteiger partial charge in [0.05, 0.1) is 0 Å². The maximum atomic E-state index is 7.44. The van der Waals surface area contributed by atoms with Gasteiger partial charge in [0.15, 0.2) is 0 Å². The van der Waals surface area contributed by atoms with Gasteiger partial charge in [-0.2, -0.15) is 0 Å². The fraction of sp³-hybridized carbons (Fsp3) is 0.286. The monoisotopic (exact) mass is 738 g/mol. The van der Waals surface area contributed by atoms with E-state index in [2.05, 4.69) is 136 Å². The molecule has 0 radical (unpaired) electrons. The summed E-state index contributed by atoms with van der Waals surface area (Å²) in [6.07, 6.45) is -0.965. The Labute approximate surface area is 298 Å². The Morgan fingerprint density at radius 1 is 0.612 bits per heavy atom. The molecule has 5 aromatic rings. The molecule has 1 heterocycles. The predicted octanol–water partition coefficient (Wildman–Crippen LogP) is 6.50. The second-order valence-electron chi connectivity index (χ2n) is 13.3. The van der Waals surface area contributed by atoms with Gasteiger partial charge in [0.2, 0.25) is 0 Å². The van der Waals surface area contributed by atoms with E-state index in [9.17, 15) is 0 Å². The molecule has 49 heavy (non-hydrogen) atoms. The van der Waals surface area contributed by atoms with Crippen molar-refractivity contribution in [2.75, 3.05) is 13.7 Å². The Balaban J connectivity index is 1.34. The third-order valence-corrected chi connectivity index (χ3v) is 16.5. The van der Waals surface area contributed by atoms with Crippen LogP contribution >= 0.6 is 0 Å². The van der Waals surface area contributed by atoms with Gasteiger partial charge in [0.25, 0.3) is 0 Å². The van der Waals surface area contributed by atoms with Crippen LogP contribution in [-0.4, -0.2) is 60.3 Å². The van der Waals surface area contributed by atoms with Gasteiger partial charge >= 0.3 is 300 Å². The number of ether oxygens (including phenoxy) is 4. The van der Waals surface area contributed by atoms with E-state index < -0.39 is 8.32 Å². The molecule has 254 valence electrons. The molecule has 4 atom stereocenters. The van der Waals surface area contributed by atoms with Crippen molar-refractivity contribution in [3.8, 4) is 5.75 Å². The van der Waals surface area contributed by atoms with Gasteiger partial charge in [-0.15, -0.1) is 0 Å². The Morgan fingerprint density at radius 3 is 1.63 bits per heavy atom. The van der Waals surface area contributed by atoms with Crippen LogP contribution in [0.3, 0.4) is 0 Å². The van der Waals surface area contributed by atoms with Crippen molar-refractivity contribution in [2.24, 2.45) is 0 Å². The first-order valence-electron chi connectivity index (χ1n) is 16.9. The van der Waals surface area contributed by atoms with Crippen LogP contribution in [0.2, 0.25) is 5.04 Å². The molecule has 0 saturated carbocycles. The van der Waals surface area contributed by atoms with E-state index in [4.69, 9.17) is 23.4 Å². The van der Waals surface area contributed by atoms with Crippen LogP contribution in [0.1, 0.15) is 31.9 Å². The summed E-state index contributed by atoms with van der Waals surface area (Å²) in [6, 6.07) is 50.5. The SMILES string of the molecule is COc1ccc(CO[C@H]2[C@H](OCc3ccccc3)[C@@H](CO[Si](c3ccccc3)(c3ccccc3)C(C)(C)C)O[C@@H]2[Se]c2ccccc2)cc1. The van der Waals surface area contributed by atoms with Crippen LogP contribution in [0, 0.1) is 0 Å². The molecule has 0 amide bonds. The predicted molar refractivity (Wildman–Crippen MR) is 201 cm³/mol. The van der Waals surface area contributed by atoms with E-state index in [1.165, 1.54) is 14.8 Å². The summed E-state index contributed by atoms with van der Waals surface area (Å²) in [5.41, 5.74) is 2.18. The van der Waals surface area contributed by atoms with E-state index >= 15 is 0 Å². The van der Waals surface area contributed by atoms with Crippen molar-refractivity contribution < 1.29 is 23.4 Å². The summed E-state index contributed by atoms with van der Waals surface area (Å²) in [5.74, 6) is 0.822. The number of rotatable bonds is 14. The zero-order valence-corrected chi connectivity index (χ0v) is 31.4. The third kappa shape index (κ3) is 8.45. The van der Waals surface area contributed by atoms with Crippen LogP contribution in [0.4, 0.5) is 0 Å². The average molecular weight is 738 g/mol. The molecule has 1 aliphatic rings. The first kappa shape index (κ1) is 35.3. The van der Waals surface area contributed by atoms with Gasteiger partial charge in [0, 0.05) is 0 Å². The first-order chi connectivity index (χ1) is 23.9. The molecule has 6 rings (SSSR count). The molecule has 0 aromatic heterocycles. The van der Waals surface area contributed by atoms with Crippen molar-refractivity contribution in [3.63, 3.8) is 0 Å². The number of methoxy groups -OCH3 is 1. The van der Waals surface area contributed by atoms with E-state index in [0.717, 1.165) is 16.9 Å². The maximum absolute atomic E-state index is 7.44. The fourth-order valence-electron chi connectivity index (χ4n) is 6.58. The van der Waals surface area contributed by atoms with E-state index in [-0.39, 0.29) is 43.3 Å². The van der Waals surface area contributed by atoms with Crippen LogP contribution in [-0.2, 0) is 31.9 Å². The molecule has 5 nitrogen and oxygen atoms in total. The number of hydrogen-bond donors (Lipinski definition) is 0. The molecule has 1 aliphatic heterocycles. The van der Waals surface area contributed by atoms with Crippen molar-refractivity contribution in [1.82, 2.24) is 0 Å². The minimum atomic E-state index is -2.81. The molecule has 5 aromatic carbocycles. The fourth-order valence-corrected chi connectivity index (χ4v) is 13.6. The van der Waals surface area contributed by atoms with Crippen molar-refractivity contribution >= 4 is 38.1 Å². The van der Waals surface area contributed by atoms with Crippen LogP contribution in [0.15, 0.2) is 146 Å². The van der Waals surface area contributed by atoms with Crippen LogP contribution < -0.4 is 19.6 Å². The first-order valence-corrected chi connectivity index (χ1v) is 20.6. The Kier molecular flexibility index (Phi) is 11.9. The summed E-state index contributed by atoms with van der Waals surface area (Å²) < 4.78 is 34.8. The van der Waals surface area contributed by atoms with E-state index in [0.29, 0.717) is 19.8 Å². The second-order valence-corrected chi connectivity index (χ2v) is 20.1. The van der Waals surface area contributed by atoms with Crippen LogP contribution in [0.5, 0.6) is 5.75 Å². The van der Waals surface area contributed by atoms with E-state index in [1.807, 2.05) is 30.3 Å². The molecule has 0 aliphatic carbocycles. The molecule has 1 fully saturated rings. The van der Waals surface area contributed by atoms with Crippen molar-refractivity contribution in [1.29, 1.82) is 0 Å². The normalized spacial score (nSPS) is 19.5. The second kappa shape index (κ2) is 16.5. The minimum absolute atomic E-state index is 0.0215. The molecule has 0 spiro atoms. The third-order valence-electron chi connectivity index (χ3n) is 9.03. The number of hydrogen-bond acceptors (Lipinski definition) is 5. The Bertz CT molecular complexity index is 1660. The Hall–Kier alpha value is -3.52. The summed E-state index contributed by atoms with van der Waals surface area (Å²) in [6.45, 7) is 8.20. The molecule has 0 N–H and O–H groups in total. The quantitative estimate of drug-likeness (QED) is 0.122. The van der Waals surface area contributed by atoms with Crippen molar-refractivity contribution in [3.05, 3.63) is 157 Å². The average Bonchev–Trinajstić information content (AvgIpc) is 3.46. The molecular weight excluding hydrogens is 692 g/mol. The van der Waals surface area contributed by atoms with Gasteiger partial charge in [-0.25, -0.2) is 0 Å². The molecule has 0 unspecified atom stereocenters. The van der Waals surface area contributed by atoms with Gasteiger partial charge in [-0.3, -0.25) is 0 Å². The topological polar surface area (TPSA) is 46.2 Å². The summed E-state index contributed by atoms with van der Waals surface area (Å²) in [5, 5.41) is 2.16. The zero-order chi connectivity index (χ0) is 34.1. The van der Waals surface area contributed by atoms with Crippen molar-refractivity contribution in [2.45, 2.75) is 62.3 Å².